The Bertz CT molecular complexity index is 1180. The van der Waals surface area contributed by atoms with Gasteiger partial charge in [0.05, 0.1) is 17.1 Å². The highest BCUT2D eigenvalue weighted by Gasteiger charge is 2.27. The van der Waals surface area contributed by atoms with Crippen LogP contribution in [0.1, 0.15) is 41.1 Å². The summed E-state index contributed by atoms with van der Waals surface area (Å²) in [4.78, 5) is 16.9. The van der Waals surface area contributed by atoms with Crippen LogP contribution in [0.4, 0.5) is 0 Å². The van der Waals surface area contributed by atoms with Crippen LogP contribution in [0.5, 0.6) is 0 Å². The van der Waals surface area contributed by atoms with Crippen LogP contribution in [0.25, 0.3) is 22.2 Å². The molecular formula is C25H23N3O. The molecule has 0 spiro atoms. The van der Waals surface area contributed by atoms with E-state index in [0.717, 1.165) is 35.3 Å². The summed E-state index contributed by atoms with van der Waals surface area (Å²) in [6, 6.07) is 25.3. The van der Waals surface area contributed by atoms with Gasteiger partial charge >= 0.3 is 0 Å². The molecule has 1 aromatic heterocycles. The number of nitrogens with one attached hydrogen (secondary N) is 1. The molecule has 1 atom stereocenters. The van der Waals surface area contributed by atoms with Gasteiger partial charge in [-0.15, -0.1) is 0 Å². The van der Waals surface area contributed by atoms with Crippen molar-refractivity contribution in [2.75, 3.05) is 6.54 Å². The molecule has 1 amide bonds. The third-order valence-corrected chi connectivity index (χ3v) is 5.72. The molecule has 4 heteroatoms. The lowest BCUT2D eigenvalue weighted by molar-refractivity contribution is 0.0956. The van der Waals surface area contributed by atoms with Gasteiger partial charge in [0, 0.05) is 18.5 Å². The van der Waals surface area contributed by atoms with E-state index in [1.807, 2.05) is 31.2 Å². The minimum absolute atomic E-state index is 0.0335. The summed E-state index contributed by atoms with van der Waals surface area (Å²) < 4.78 is 2.40. The molecular weight excluding hydrogens is 358 g/mol. The lowest BCUT2D eigenvalue weighted by Gasteiger charge is -2.15. The summed E-state index contributed by atoms with van der Waals surface area (Å²) in [5.74, 6) is 1.13. The van der Waals surface area contributed by atoms with Gasteiger partial charge in [-0.1, -0.05) is 48.5 Å². The van der Waals surface area contributed by atoms with Crippen LogP contribution in [0, 0.1) is 0 Å². The summed E-state index contributed by atoms with van der Waals surface area (Å²) in [6.45, 7) is 2.56. The zero-order valence-corrected chi connectivity index (χ0v) is 16.4. The molecule has 0 radical (unpaired) electrons. The maximum absolute atomic E-state index is 12.0. The monoisotopic (exact) mass is 381 g/mol. The van der Waals surface area contributed by atoms with Gasteiger partial charge in [-0.3, -0.25) is 4.79 Å². The van der Waals surface area contributed by atoms with E-state index < -0.39 is 0 Å². The highest BCUT2D eigenvalue weighted by molar-refractivity contribution is 5.94. The van der Waals surface area contributed by atoms with Crippen molar-refractivity contribution in [1.82, 2.24) is 14.9 Å². The number of aromatic nitrogens is 2. The lowest BCUT2D eigenvalue weighted by atomic mass is 10.0. The Morgan fingerprint density at radius 3 is 2.55 bits per heavy atom. The highest BCUT2D eigenvalue weighted by Crippen LogP contribution is 2.36. The average Bonchev–Trinajstić information content (AvgIpc) is 3.33. The number of benzene rings is 3. The molecule has 4 aromatic rings. The van der Waals surface area contributed by atoms with E-state index in [4.69, 9.17) is 4.98 Å². The van der Waals surface area contributed by atoms with Crippen LogP contribution >= 0.6 is 0 Å². The largest absolute Gasteiger partial charge is 0.352 e. The van der Waals surface area contributed by atoms with Crippen molar-refractivity contribution >= 4 is 16.9 Å². The normalized spacial score (nSPS) is 15.4. The predicted octanol–water partition coefficient (Wildman–Crippen LogP) is 4.99. The fraction of sp³-hybridized carbons (Fsp3) is 0.200. The quantitative estimate of drug-likeness (QED) is 0.541. The first kappa shape index (κ1) is 17.7. The summed E-state index contributed by atoms with van der Waals surface area (Å²) >= 11 is 0. The molecule has 5 rings (SSSR count). The zero-order valence-electron chi connectivity index (χ0n) is 16.4. The van der Waals surface area contributed by atoms with Crippen molar-refractivity contribution in [3.63, 3.8) is 0 Å². The van der Waals surface area contributed by atoms with Crippen molar-refractivity contribution in [2.24, 2.45) is 0 Å². The van der Waals surface area contributed by atoms with Crippen molar-refractivity contribution in [3.8, 4) is 11.1 Å². The molecule has 1 aliphatic heterocycles. The minimum Gasteiger partial charge on any atom is -0.352 e. The lowest BCUT2D eigenvalue weighted by Crippen LogP contribution is -2.22. The third kappa shape index (κ3) is 3.11. The molecule has 2 heterocycles. The molecule has 1 unspecified atom stereocenters. The molecule has 144 valence electrons. The Morgan fingerprint density at radius 2 is 1.79 bits per heavy atom. The van der Waals surface area contributed by atoms with Gasteiger partial charge in [0.15, 0.2) is 0 Å². The maximum Gasteiger partial charge on any atom is 0.251 e. The van der Waals surface area contributed by atoms with E-state index in [-0.39, 0.29) is 5.91 Å². The van der Waals surface area contributed by atoms with Gasteiger partial charge < -0.3 is 9.88 Å². The molecule has 0 saturated carbocycles. The Balaban J connectivity index is 1.54. The number of aryl methyl sites for hydroxylation is 1. The standard InChI is InChI=1S/C25H23N3O/c1-2-26-25(29)19-10-8-17(9-11-19)20-12-13-21-23(16-20)28-22(14-15-24(28)27-21)18-6-4-3-5-7-18/h3-13,16,22H,2,14-15H2,1H3,(H,26,29). The van der Waals surface area contributed by atoms with Gasteiger partial charge in [0.1, 0.15) is 5.82 Å². The first-order valence-corrected chi connectivity index (χ1v) is 10.2. The number of fused-ring (bicyclic) bond motifs is 3. The van der Waals surface area contributed by atoms with Gasteiger partial charge in [-0.2, -0.15) is 0 Å². The summed E-state index contributed by atoms with van der Waals surface area (Å²) in [5.41, 5.74) is 6.49. The van der Waals surface area contributed by atoms with Crippen LogP contribution in [-0.4, -0.2) is 22.0 Å². The van der Waals surface area contributed by atoms with Crippen LogP contribution < -0.4 is 5.32 Å². The van der Waals surface area contributed by atoms with E-state index in [1.165, 1.54) is 11.1 Å². The second-order valence-electron chi connectivity index (χ2n) is 7.50. The summed E-state index contributed by atoms with van der Waals surface area (Å²) in [7, 11) is 0. The first-order chi connectivity index (χ1) is 14.2. The number of nitrogens with zero attached hydrogens (tertiary/aromatic N) is 2. The molecule has 0 aliphatic carbocycles. The van der Waals surface area contributed by atoms with E-state index in [2.05, 4.69) is 58.4 Å². The fourth-order valence-corrected chi connectivity index (χ4v) is 4.31. The number of carbonyl (C=O) groups is 1. The van der Waals surface area contributed by atoms with E-state index in [9.17, 15) is 4.79 Å². The topological polar surface area (TPSA) is 46.9 Å². The first-order valence-electron chi connectivity index (χ1n) is 10.2. The van der Waals surface area contributed by atoms with Crippen molar-refractivity contribution in [3.05, 3.63) is 89.7 Å². The summed E-state index contributed by atoms with van der Waals surface area (Å²) in [6.07, 6.45) is 2.10. The van der Waals surface area contributed by atoms with Crippen LogP contribution in [0.3, 0.4) is 0 Å². The number of rotatable bonds is 4. The van der Waals surface area contributed by atoms with Crippen molar-refractivity contribution in [2.45, 2.75) is 25.8 Å². The second-order valence-corrected chi connectivity index (χ2v) is 7.50. The SMILES string of the molecule is CCNC(=O)c1ccc(-c2ccc3nc4n(c3c2)C(c2ccccc2)CC4)cc1. The molecule has 4 nitrogen and oxygen atoms in total. The minimum atomic E-state index is -0.0335. The Kier molecular flexibility index (Phi) is 4.39. The Morgan fingerprint density at radius 1 is 1.03 bits per heavy atom. The number of imidazole rings is 1. The number of amides is 1. The van der Waals surface area contributed by atoms with Crippen molar-refractivity contribution in [1.29, 1.82) is 0 Å². The average molecular weight is 381 g/mol. The molecule has 0 bridgehead atoms. The molecule has 1 aliphatic rings. The Labute approximate surface area is 170 Å². The number of hydrogen-bond acceptors (Lipinski definition) is 2. The predicted molar refractivity (Wildman–Crippen MR) is 116 cm³/mol. The molecule has 0 saturated heterocycles. The smallest absolute Gasteiger partial charge is 0.251 e. The van der Waals surface area contributed by atoms with Crippen molar-refractivity contribution < 1.29 is 4.79 Å². The second kappa shape index (κ2) is 7.21. The molecule has 29 heavy (non-hydrogen) atoms. The fourth-order valence-electron chi connectivity index (χ4n) is 4.31. The number of carbonyl (C=O) groups excluding carboxylic acids is 1. The van der Waals surface area contributed by atoms with E-state index >= 15 is 0 Å². The van der Waals surface area contributed by atoms with Crippen LogP contribution in [-0.2, 0) is 6.42 Å². The van der Waals surface area contributed by atoms with E-state index in [1.54, 1.807) is 0 Å². The van der Waals surface area contributed by atoms with Gasteiger partial charge in [-0.05, 0) is 54.3 Å². The van der Waals surface area contributed by atoms with Gasteiger partial charge in [0.25, 0.3) is 5.91 Å². The summed E-state index contributed by atoms with van der Waals surface area (Å²) in [5, 5.41) is 2.84. The van der Waals surface area contributed by atoms with Crippen LogP contribution in [0.15, 0.2) is 72.8 Å². The third-order valence-electron chi connectivity index (χ3n) is 5.72. The van der Waals surface area contributed by atoms with Gasteiger partial charge in [-0.25, -0.2) is 4.98 Å². The van der Waals surface area contributed by atoms with Crippen LogP contribution in [0.2, 0.25) is 0 Å². The Hall–Kier alpha value is -3.40. The molecule has 3 aromatic carbocycles. The molecule has 0 fully saturated rings. The van der Waals surface area contributed by atoms with E-state index in [0.29, 0.717) is 18.2 Å². The molecule has 1 N–H and O–H groups in total. The number of hydrogen-bond donors (Lipinski definition) is 1. The van der Waals surface area contributed by atoms with Gasteiger partial charge in [0.2, 0.25) is 0 Å². The maximum atomic E-state index is 12.0. The zero-order chi connectivity index (χ0) is 19.8. The highest BCUT2D eigenvalue weighted by atomic mass is 16.1.